The number of amides is 2. The fourth-order valence-corrected chi connectivity index (χ4v) is 7.34. The zero-order chi connectivity index (χ0) is 27.6. The summed E-state index contributed by atoms with van der Waals surface area (Å²) in [4.78, 5) is 45.4. The van der Waals surface area contributed by atoms with E-state index in [0.717, 1.165) is 18.7 Å². The number of rotatable bonds is 11. The first-order valence-corrected chi connectivity index (χ1v) is 14.3. The second-order valence-corrected chi connectivity index (χ2v) is 11.1. The van der Waals surface area contributed by atoms with Crippen LogP contribution < -0.4 is 5.32 Å². The highest BCUT2D eigenvalue weighted by molar-refractivity contribution is 5.98. The topological polar surface area (TPSA) is 118 Å². The molecule has 10 heteroatoms. The molecule has 2 N–H and O–H groups in total. The van der Waals surface area contributed by atoms with Crippen LogP contribution in [0.2, 0.25) is 0 Å². The molecule has 0 radical (unpaired) electrons. The van der Waals surface area contributed by atoms with E-state index in [-0.39, 0.29) is 25.0 Å². The molecule has 4 aliphatic rings. The van der Waals surface area contributed by atoms with E-state index in [0.29, 0.717) is 52.0 Å². The standard InChI is InChI=1S/C29H41N3O7/c1-3-28-10-11-29(39-28)22(23(28)27(36)38-4-2)26(35)32(21(19-33)18-20-8-6-5-7-9-20)24(29)25(34)30-12-13-31-14-16-37-17-15-31/h5-9,21-24,33H,3-4,10-19H2,1-2H3,(H,30,34)/t21-,22+,23-,24?,28+,29?/m1/s1. The fraction of sp³-hybridized carbons (Fsp3) is 0.690. The minimum atomic E-state index is -1.14. The van der Waals surface area contributed by atoms with Gasteiger partial charge in [0.25, 0.3) is 0 Å². The number of nitrogens with one attached hydrogen (secondary N) is 1. The van der Waals surface area contributed by atoms with Gasteiger partial charge < -0.3 is 29.5 Å². The number of nitrogens with zero attached hydrogens (tertiary/aromatic N) is 2. The maximum Gasteiger partial charge on any atom is 0.312 e. The number of carbonyl (C=O) groups excluding carboxylic acids is 3. The van der Waals surface area contributed by atoms with Crippen molar-refractivity contribution < 1.29 is 33.7 Å². The molecule has 0 aliphatic carbocycles. The van der Waals surface area contributed by atoms with E-state index in [4.69, 9.17) is 14.2 Å². The highest BCUT2D eigenvalue weighted by Gasteiger charge is 2.79. The largest absolute Gasteiger partial charge is 0.466 e. The monoisotopic (exact) mass is 543 g/mol. The molecular weight excluding hydrogens is 502 g/mol. The number of morpholine rings is 1. The van der Waals surface area contributed by atoms with Gasteiger partial charge in [-0.2, -0.15) is 0 Å². The van der Waals surface area contributed by atoms with E-state index in [2.05, 4.69) is 10.2 Å². The molecule has 1 spiro atoms. The van der Waals surface area contributed by atoms with Gasteiger partial charge in [0.05, 0.1) is 44.0 Å². The van der Waals surface area contributed by atoms with E-state index < -0.39 is 41.1 Å². The zero-order valence-corrected chi connectivity index (χ0v) is 23.0. The molecule has 1 aromatic rings. The quantitative estimate of drug-likeness (QED) is 0.393. The Morgan fingerprint density at radius 2 is 1.92 bits per heavy atom. The summed E-state index contributed by atoms with van der Waals surface area (Å²) in [5, 5.41) is 13.6. The van der Waals surface area contributed by atoms with Crippen LogP contribution in [0.5, 0.6) is 0 Å². The Labute approximate surface area is 229 Å². The van der Waals surface area contributed by atoms with Crippen LogP contribution in [0.3, 0.4) is 0 Å². The number of hydrogen-bond donors (Lipinski definition) is 2. The first kappa shape index (κ1) is 28.0. The maximum atomic E-state index is 14.3. The molecule has 2 bridgehead atoms. The summed E-state index contributed by atoms with van der Waals surface area (Å²) in [5.74, 6) is -2.68. The Bertz CT molecular complexity index is 1050. The molecule has 10 nitrogen and oxygen atoms in total. The van der Waals surface area contributed by atoms with Gasteiger partial charge in [-0.15, -0.1) is 0 Å². The first-order valence-electron chi connectivity index (χ1n) is 14.3. The van der Waals surface area contributed by atoms with Gasteiger partial charge in [-0.3, -0.25) is 19.3 Å². The van der Waals surface area contributed by atoms with Crippen LogP contribution in [0, 0.1) is 11.8 Å². The first-order chi connectivity index (χ1) is 18.9. The summed E-state index contributed by atoms with van der Waals surface area (Å²) in [6.07, 6.45) is 1.99. The summed E-state index contributed by atoms with van der Waals surface area (Å²) >= 11 is 0. The second kappa shape index (κ2) is 11.5. The summed E-state index contributed by atoms with van der Waals surface area (Å²) < 4.78 is 17.6. The zero-order valence-electron chi connectivity index (χ0n) is 23.0. The van der Waals surface area contributed by atoms with Gasteiger partial charge in [0, 0.05) is 26.2 Å². The lowest BCUT2D eigenvalue weighted by atomic mass is 9.65. The molecule has 4 aliphatic heterocycles. The van der Waals surface area contributed by atoms with E-state index in [1.54, 1.807) is 6.92 Å². The highest BCUT2D eigenvalue weighted by atomic mass is 16.6. The number of hydrogen-bond acceptors (Lipinski definition) is 8. The van der Waals surface area contributed by atoms with E-state index >= 15 is 0 Å². The summed E-state index contributed by atoms with van der Waals surface area (Å²) in [6.45, 7) is 7.63. The van der Waals surface area contributed by atoms with Crippen molar-refractivity contribution in [1.82, 2.24) is 15.1 Å². The van der Waals surface area contributed by atoms with Gasteiger partial charge in [0.2, 0.25) is 11.8 Å². The number of benzene rings is 1. The second-order valence-electron chi connectivity index (χ2n) is 11.1. The van der Waals surface area contributed by atoms with Crippen LogP contribution in [-0.4, -0.2) is 109 Å². The molecule has 0 saturated carbocycles. The van der Waals surface area contributed by atoms with Crippen LogP contribution in [0.15, 0.2) is 30.3 Å². The summed E-state index contributed by atoms with van der Waals surface area (Å²) in [6, 6.07) is 8.01. The Morgan fingerprint density at radius 3 is 2.59 bits per heavy atom. The van der Waals surface area contributed by atoms with Gasteiger partial charge in [0.1, 0.15) is 17.6 Å². The average molecular weight is 544 g/mol. The van der Waals surface area contributed by atoms with Gasteiger partial charge >= 0.3 is 5.97 Å². The van der Waals surface area contributed by atoms with E-state index in [1.165, 1.54) is 4.90 Å². The number of esters is 1. The Morgan fingerprint density at radius 1 is 1.18 bits per heavy atom. The lowest BCUT2D eigenvalue weighted by Crippen LogP contribution is -2.59. The summed E-state index contributed by atoms with van der Waals surface area (Å²) in [5.41, 5.74) is -1.03. The van der Waals surface area contributed by atoms with Crippen molar-refractivity contribution in [2.24, 2.45) is 11.8 Å². The van der Waals surface area contributed by atoms with Gasteiger partial charge in [-0.1, -0.05) is 37.3 Å². The molecule has 2 amide bonds. The lowest BCUT2D eigenvalue weighted by Gasteiger charge is -2.37. The van der Waals surface area contributed by atoms with Crippen LogP contribution in [0.25, 0.3) is 0 Å². The predicted molar refractivity (Wildman–Crippen MR) is 142 cm³/mol. The minimum absolute atomic E-state index is 0.200. The summed E-state index contributed by atoms with van der Waals surface area (Å²) in [7, 11) is 0. The minimum Gasteiger partial charge on any atom is -0.466 e. The number of aliphatic hydroxyl groups is 1. The van der Waals surface area contributed by atoms with E-state index in [1.807, 2.05) is 37.3 Å². The molecule has 0 aromatic heterocycles. The molecular formula is C29H41N3O7. The number of ether oxygens (including phenoxy) is 3. The highest BCUT2D eigenvalue weighted by Crippen LogP contribution is 2.64. The third-order valence-corrected chi connectivity index (χ3v) is 9.16. The van der Waals surface area contributed by atoms with Crippen LogP contribution in [0.4, 0.5) is 0 Å². The molecule has 39 heavy (non-hydrogen) atoms. The Kier molecular flexibility index (Phi) is 8.28. The number of carbonyl (C=O) groups is 3. The van der Waals surface area contributed by atoms with Crippen LogP contribution in [0.1, 0.15) is 38.7 Å². The molecule has 6 atom stereocenters. The smallest absolute Gasteiger partial charge is 0.312 e. The van der Waals surface area contributed by atoms with Crippen molar-refractivity contribution in [3.63, 3.8) is 0 Å². The maximum absolute atomic E-state index is 14.3. The molecule has 2 unspecified atom stereocenters. The van der Waals surface area contributed by atoms with Crippen molar-refractivity contribution in [1.29, 1.82) is 0 Å². The van der Waals surface area contributed by atoms with Gasteiger partial charge in [-0.05, 0) is 38.2 Å². The van der Waals surface area contributed by atoms with E-state index in [9.17, 15) is 19.5 Å². The van der Waals surface area contributed by atoms with Crippen LogP contribution >= 0.6 is 0 Å². The van der Waals surface area contributed by atoms with Crippen LogP contribution in [-0.2, 0) is 35.0 Å². The molecule has 214 valence electrons. The van der Waals surface area contributed by atoms with Crippen molar-refractivity contribution in [3.8, 4) is 0 Å². The third kappa shape index (κ3) is 4.85. The van der Waals surface area contributed by atoms with Crippen molar-refractivity contribution in [2.75, 3.05) is 52.6 Å². The fourth-order valence-electron chi connectivity index (χ4n) is 7.34. The number of aliphatic hydroxyl groups excluding tert-OH is 1. The molecule has 4 heterocycles. The SMILES string of the molecule is CCOC(=O)[C@H]1[C@H]2C(=O)N([C@@H](CO)Cc3ccccc3)C(C(=O)NCCN3CCOCC3)C23CC[C@]1(CC)O3. The number of fused-ring (bicyclic) bond motifs is 1. The van der Waals surface area contributed by atoms with Gasteiger partial charge in [0.15, 0.2) is 0 Å². The molecule has 4 fully saturated rings. The third-order valence-electron chi connectivity index (χ3n) is 9.16. The Hall–Kier alpha value is -2.53. The number of likely N-dealkylation sites (tertiary alicyclic amines) is 1. The van der Waals surface area contributed by atoms with Gasteiger partial charge in [-0.25, -0.2) is 0 Å². The average Bonchev–Trinajstić information content (AvgIpc) is 3.56. The molecule has 1 aromatic carbocycles. The predicted octanol–water partition coefficient (Wildman–Crippen LogP) is 0.756. The molecule has 4 saturated heterocycles. The van der Waals surface area contributed by atoms with Crippen molar-refractivity contribution in [3.05, 3.63) is 35.9 Å². The normalized spacial score (nSPS) is 32.7. The Balaban J connectivity index is 1.47. The van der Waals surface area contributed by atoms with Crippen molar-refractivity contribution in [2.45, 2.75) is 62.8 Å². The van der Waals surface area contributed by atoms with Crippen molar-refractivity contribution >= 4 is 17.8 Å². The lowest BCUT2D eigenvalue weighted by molar-refractivity contribution is -0.161. The molecule has 5 rings (SSSR count).